The summed E-state index contributed by atoms with van der Waals surface area (Å²) in [5.41, 5.74) is 4.46. The molecule has 5 unspecified atom stereocenters. The number of amides is 2. The molecule has 0 aliphatic carbocycles. The highest BCUT2D eigenvalue weighted by Gasteiger charge is 2.70. The lowest BCUT2D eigenvalue weighted by atomic mass is 9.77. The van der Waals surface area contributed by atoms with Gasteiger partial charge >= 0.3 is 6.09 Å². The summed E-state index contributed by atoms with van der Waals surface area (Å²) in [4.78, 5) is 37.3. The number of hydrogen-bond donors (Lipinski definition) is 2. The predicted octanol–water partition coefficient (Wildman–Crippen LogP) is 7.42. The molecule has 3 aromatic carbocycles. The Kier molecular flexibility index (Phi) is 9.24. The van der Waals surface area contributed by atoms with Crippen molar-refractivity contribution in [1.29, 1.82) is 0 Å². The van der Waals surface area contributed by atoms with Gasteiger partial charge in [-0.1, -0.05) is 50.2 Å². The summed E-state index contributed by atoms with van der Waals surface area (Å²) >= 11 is 5.78. The van der Waals surface area contributed by atoms with E-state index in [1.165, 1.54) is 7.11 Å². The minimum absolute atomic E-state index is 0.0311. The number of morpholine rings is 1. The average molecular weight is 788 g/mol. The van der Waals surface area contributed by atoms with Crippen LogP contribution in [0.2, 0.25) is 0 Å². The van der Waals surface area contributed by atoms with Gasteiger partial charge < -0.3 is 19.5 Å². The molecule has 0 spiro atoms. The second-order valence-electron chi connectivity index (χ2n) is 12.4. The van der Waals surface area contributed by atoms with E-state index in [-0.39, 0.29) is 35.7 Å². The van der Waals surface area contributed by atoms with E-state index in [2.05, 4.69) is 72.5 Å². The van der Waals surface area contributed by atoms with E-state index in [1.54, 1.807) is 12.1 Å². The Bertz CT molecular complexity index is 1620. The van der Waals surface area contributed by atoms with Gasteiger partial charge in [0.15, 0.2) is 6.29 Å². The normalized spacial score (nSPS) is 24.3. The molecular formula is C34H35BrIN3O6. The molecule has 45 heavy (non-hydrogen) atoms. The number of rotatable bonds is 10. The summed E-state index contributed by atoms with van der Waals surface area (Å²) in [5, 5.41) is 5.91. The number of benzene rings is 3. The van der Waals surface area contributed by atoms with Crippen molar-refractivity contribution in [1.82, 2.24) is 3.11 Å². The molecule has 2 amide bonds. The maximum atomic E-state index is 13.3. The van der Waals surface area contributed by atoms with Crippen LogP contribution in [0.15, 0.2) is 65.1 Å². The van der Waals surface area contributed by atoms with Crippen LogP contribution >= 0.6 is 38.8 Å². The van der Waals surface area contributed by atoms with Gasteiger partial charge in [-0.2, -0.15) is 0 Å². The van der Waals surface area contributed by atoms with Gasteiger partial charge in [0.2, 0.25) is 5.91 Å². The Hall–Kier alpha value is -3.00. The lowest BCUT2D eigenvalue weighted by molar-refractivity contribution is -0.116. The second kappa shape index (κ2) is 13.0. The van der Waals surface area contributed by atoms with Crippen LogP contribution in [0.4, 0.5) is 16.2 Å². The molecule has 11 heteroatoms. The molecule has 3 saturated heterocycles. The number of nitrogens with zero attached hydrogens (tertiary/aromatic N) is 1. The summed E-state index contributed by atoms with van der Waals surface area (Å²) in [6, 6.07) is 19.5. The van der Waals surface area contributed by atoms with Crippen molar-refractivity contribution in [3.05, 3.63) is 76.3 Å². The molecule has 5 atom stereocenters. The van der Waals surface area contributed by atoms with Gasteiger partial charge in [-0.15, -0.1) is 0 Å². The van der Waals surface area contributed by atoms with E-state index in [1.807, 2.05) is 42.5 Å². The third-order valence-corrected chi connectivity index (χ3v) is 10.8. The number of nitrogens with one attached hydrogen (secondary N) is 2. The number of carbonyl (C=O) groups excluding carboxylic acids is 3. The fourth-order valence-electron chi connectivity index (χ4n) is 6.74. The molecule has 6 rings (SSSR count). The molecule has 2 bridgehead atoms. The van der Waals surface area contributed by atoms with Crippen LogP contribution in [0, 0.1) is 5.41 Å². The van der Waals surface area contributed by atoms with Gasteiger partial charge in [0.25, 0.3) is 0 Å². The maximum absolute atomic E-state index is 13.3. The summed E-state index contributed by atoms with van der Waals surface area (Å²) in [7, 11) is 1.48. The lowest BCUT2D eigenvalue weighted by Crippen LogP contribution is -2.56. The lowest BCUT2D eigenvalue weighted by Gasteiger charge is -2.46. The smallest absolute Gasteiger partial charge is 0.411 e. The first-order valence-corrected chi connectivity index (χ1v) is 16.7. The van der Waals surface area contributed by atoms with Crippen LogP contribution in [0.25, 0.3) is 11.1 Å². The third kappa shape index (κ3) is 6.63. The number of methoxy groups -OCH3 is 1. The minimum Gasteiger partial charge on any atom is -0.496 e. The summed E-state index contributed by atoms with van der Waals surface area (Å²) in [6.07, 6.45) is 2.69. The molecule has 3 fully saturated rings. The number of hydrogen-bond acceptors (Lipinski definition) is 7. The molecule has 236 valence electrons. The highest BCUT2D eigenvalue weighted by Crippen LogP contribution is 2.57. The van der Waals surface area contributed by atoms with Crippen molar-refractivity contribution in [3.8, 4) is 16.9 Å². The fourth-order valence-corrected chi connectivity index (χ4v) is 8.95. The van der Waals surface area contributed by atoms with Crippen LogP contribution in [-0.2, 0) is 20.7 Å². The van der Waals surface area contributed by atoms with Gasteiger partial charge in [0.1, 0.15) is 24.1 Å². The Morgan fingerprint density at radius 1 is 1.09 bits per heavy atom. The van der Waals surface area contributed by atoms with E-state index in [9.17, 15) is 14.4 Å². The predicted molar refractivity (Wildman–Crippen MR) is 184 cm³/mol. The molecule has 0 saturated carbocycles. The number of ether oxygens (including phenoxy) is 3. The Labute approximate surface area is 285 Å². The Morgan fingerprint density at radius 2 is 1.87 bits per heavy atom. The molecular weight excluding hydrogens is 753 g/mol. The molecule has 0 radical (unpaired) electrons. The number of fused-ring (bicyclic) bond motifs is 5. The van der Waals surface area contributed by atoms with Gasteiger partial charge in [-0.05, 0) is 69.9 Å². The van der Waals surface area contributed by atoms with Gasteiger partial charge in [-0.25, -0.2) is 7.91 Å². The Balaban J connectivity index is 1.11. The molecule has 3 aromatic rings. The van der Waals surface area contributed by atoms with Gasteiger partial charge in [-0.3, -0.25) is 14.9 Å². The van der Waals surface area contributed by atoms with Crippen LogP contribution in [0.3, 0.4) is 0 Å². The Morgan fingerprint density at radius 3 is 2.60 bits per heavy atom. The first-order chi connectivity index (χ1) is 21.6. The van der Waals surface area contributed by atoms with E-state index >= 15 is 0 Å². The number of halogens is 2. The van der Waals surface area contributed by atoms with Crippen LogP contribution in [0.1, 0.15) is 49.0 Å². The first kappa shape index (κ1) is 32.0. The largest absolute Gasteiger partial charge is 0.496 e. The molecule has 3 aliphatic rings. The van der Waals surface area contributed by atoms with Gasteiger partial charge in [0, 0.05) is 45.4 Å². The molecule has 0 aromatic heterocycles. The van der Waals surface area contributed by atoms with Gasteiger partial charge in [0.05, 0.1) is 36.1 Å². The van der Waals surface area contributed by atoms with E-state index < -0.39 is 6.09 Å². The van der Waals surface area contributed by atoms with Crippen molar-refractivity contribution in [2.45, 2.75) is 69.9 Å². The number of anilines is 2. The molecule has 3 heterocycles. The van der Waals surface area contributed by atoms with Crippen molar-refractivity contribution in [3.63, 3.8) is 0 Å². The van der Waals surface area contributed by atoms with Crippen molar-refractivity contribution in [2.24, 2.45) is 5.41 Å². The number of carbonyl (C=O) groups is 3. The monoisotopic (exact) mass is 787 g/mol. The number of aryl methyl sites for hydroxylation is 1. The van der Waals surface area contributed by atoms with E-state index in [0.29, 0.717) is 58.8 Å². The van der Waals surface area contributed by atoms with Crippen LogP contribution in [-0.4, -0.2) is 58.9 Å². The van der Waals surface area contributed by atoms with Crippen molar-refractivity contribution >= 4 is 68.5 Å². The molecule has 2 N–H and O–H groups in total. The first-order valence-electron chi connectivity index (χ1n) is 15.0. The van der Waals surface area contributed by atoms with Crippen LogP contribution in [0.5, 0.6) is 5.75 Å². The van der Waals surface area contributed by atoms with Crippen molar-refractivity contribution in [2.75, 3.05) is 17.7 Å². The number of epoxide rings is 1. The maximum Gasteiger partial charge on any atom is 0.411 e. The molecule has 3 aliphatic heterocycles. The molecule has 9 nitrogen and oxygen atoms in total. The highest BCUT2D eigenvalue weighted by molar-refractivity contribution is 14.1. The topological polar surface area (TPSA) is 110 Å². The zero-order valence-corrected chi connectivity index (χ0v) is 29.0. The summed E-state index contributed by atoms with van der Waals surface area (Å²) in [5.74, 6) is 0.246. The standard InChI is InChI=1S/C34H35BrIN3O6/c1-34(2)17-27(29-30-31(45-30)32(34)39(29)36)44-33(42)38-24-13-12-19(14-22(24)20-9-5-4-6-10-20)8-7-11-28(41)37-25-16-26(43-3)21(18-40)15-23(25)35/h4-6,9-10,12-16,18,27,29-32H,7-8,11,17H2,1-3H3,(H,37,41)(H,38,42). The average Bonchev–Trinajstić information content (AvgIpc) is 3.72. The third-order valence-electron chi connectivity index (χ3n) is 8.92. The SMILES string of the molecule is COc1cc(NC(=O)CCCc2ccc(NC(=O)OC3CC(C)(C)C4C5OC5C3N4I)c(-c3ccccc3)c2)c(Br)cc1C=O. The quantitative estimate of drug-likeness (QED) is 0.0954. The summed E-state index contributed by atoms with van der Waals surface area (Å²) in [6.45, 7) is 4.44. The second-order valence-corrected chi connectivity index (χ2v) is 14.4. The number of aldehydes is 1. The van der Waals surface area contributed by atoms with E-state index in [4.69, 9.17) is 14.2 Å². The minimum atomic E-state index is -0.478. The van der Waals surface area contributed by atoms with E-state index in [0.717, 1.165) is 23.1 Å². The van der Waals surface area contributed by atoms with Crippen LogP contribution < -0.4 is 15.4 Å². The summed E-state index contributed by atoms with van der Waals surface area (Å²) < 4.78 is 20.2. The zero-order chi connectivity index (χ0) is 31.9. The fraction of sp³-hybridized carbons (Fsp3) is 0.382. The zero-order valence-electron chi connectivity index (χ0n) is 25.2. The van der Waals surface area contributed by atoms with Crippen molar-refractivity contribution < 1.29 is 28.6 Å². The highest BCUT2D eigenvalue weighted by atomic mass is 127. The number of piperidine rings is 1.